The summed E-state index contributed by atoms with van der Waals surface area (Å²) >= 11 is 0. The molecule has 2 aromatic carbocycles. The van der Waals surface area contributed by atoms with Crippen molar-refractivity contribution >= 4 is 16.7 Å². The Morgan fingerprint density at radius 3 is 2.43 bits per heavy atom. The molecule has 0 saturated carbocycles. The Balaban J connectivity index is 1.76. The first-order valence-corrected chi connectivity index (χ1v) is 9.29. The summed E-state index contributed by atoms with van der Waals surface area (Å²) in [5.74, 6) is 0.981. The topological polar surface area (TPSA) is 82.0 Å². The van der Waals surface area contributed by atoms with Crippen LogP contribution in [0, 0.1) is 12.7 Å². The fourth-order valence-corrected chi connectivity index (χ4v) is 3.13. The molecule has 2 heterocycles. The van der Waals surface area contributed by atoms with Crippen LogP contribution in [0.25, 0.3) is 22.0 Å². The SMILES string of the molecule is COc1cc(-c2cc(OC)c3ncnc(NCc4ccc(C)nn4)c3c2)ccc1F. The minimum Gasteiger partial charge on any atom is -0.494 e. The minimum absolute atomic E-state index is 0.173. The molecule has 0 radical (unpaired) electrons. The van der Waals surface area contributed by atoms with E-state index in [1.54, 1.807) is 19.2 Å². The molecule has 152 valence electrons. The summed E-state index contributed by atoms with van der Waals surface area (Å²) in [7, 11) is 3.02. The summed E-state index contributed by atoms with van der Waals surface area (Å²) in [6, 6.07) is 12.3. The lowest BCUT2D eigenvalue weighted by Gasteiger charge is -2.13. The summed E-state index contributed by atoms with van der Waals surface area (Å²) < 4.78 is 24.5. The van der Waals surface area contributed by atoms with Crippen molar-refractivity contribution in [3.05, 3.63) is 66.0 Å². The van der Waals surface area contributed by atoms with Crippen LogP contribution in [0.15, 0.2) is 48.8 Å². The van der Waals surface area contributed by atoms with Crippen molar-refractivity contribution in [1.29, 1.82) is 0 Å². The molecule has 0 unspecified atom stereocenters. The molecule has 0 amide bonds. The zero-order valence-electron chi connectivity index (χ0n) is 16.8. The van der Waals surface area contributed by atoms with Crippen LogP contribution in [0.4, 0.5) is 10.2 Å². The number of anilines is 1. The number of halogens is 1. The third kappa shape index (κ3) is 3.84. The maximum atomic E-state index is 13.8. The molecule has 30 heavy (non-hydrogen) atoms. The van der Waals surface area contributed by atoms with E-state index in [9.17, 15) is 4.39 Å². The number of benzene rings is 2. The molecule has 7 nitrogen and oxygen atoms in total. The third-order valence-corrected chi connectivity index (χ3v) is 4.70. The minimum atomic E-state index is -0.418. The van der Waals surface area contributed by atoms with Crippen molar-refractivity contribution in [2.75, 3.05) is 19.5 Å². The van der Waals surface area contributed by atoms with Gasteiger partial charge in [0, 0.05) is 5.39 Å². The Kier molecular flexibility index (Phi) is 5.38. The number of fused-ring (bicyclic) bond motifs is 1. The Hall–Kier alpha value is -3.81. The Morgan fingerprint density at radius 1 is 0.900 bits per heavy atom. The van der Waals surface area contributed by atoms with Crippen molar-refractivity contribution in [3.63, 3.8) is 0 Å². The Bertz CT molecular complexity index is 1200. The highest BCUT2D eigenvalue weighted by Gasteiger charge is 2.13. The highest BCUT2D eigenvalue weighted by atomic mass is 19.1. The largest absolute Gasteiger partial charge is 0.494 e. The highest BCUT2D eigenvalue weighted by molar-refractivity contribution is 5.96. The molecule has 2 aromatic heterocycles. The van der Waals surface area contributed by atoms with Gasteiger partial charge in [-0.05, 0) is 54.4 Å². The zero-order valence-corrected chi connectivity index (χ0v) is 16.8. The van der Waals surface area contributed by atoms with Gasteiger partial charge >= 0.3 is 0 Å². The molecule has 0 spiro atoms. The molecule has 0 fully saturated rings. The van der Waals surface area contributed by atoms with Crippen molar-refractivity contribution in [3.8, 4) is 22.6 Å². The lowest BCUT2D eigenvalue weighted by Crippen LogP contribution is -2.05. The van der Waals surface area contributed by atoms with E-state index in [1.165, 1.54) is 19.5 Å². The predicted octanol–water partition coefficient (Wildman–Crippen LogP) is 4.16. The van der Waals surface area contributed by atoms with Crippen LogP contribution in [0.2, 0.25) is 0 Å². The van der Waals surface area contributed by atoms with Gasteiger partial charge in [-0.3, -0.25) is 0 Å². The average Bonchev–Trinajstić information content (AvgIpc) is 2.78. The molecule has 4 rings (SSSR count). The number of hydrogen-bond acceptors (Lipinski definition) is 7. The first-order valence-electron chi connectivity index (χ1n) is 9.29. The predicted molar refractivity (Wildman–Crippen MR) is 112 cm³/mol. The van der Waals surface area contributed by atoms with E-state index in [2.05, 4.69) is 25.5 Å². The number of rotatable bonds is 6. The van der Waals surface area contributed by atoms with E-state index in [1.807, 2.05) is 31.2 Å². The molecule has 0 bridgehead atoms. The number of aryl methyl sites for hydroxylation is 1. The molecule has 1 N–H and O–H groups in total. The van der Waals surface area contributed by atoms with Gasteiger partial charge in [-0.25, -0.2) is 14.4 Å². The number of aromatic nitrogens is 4. The molecule has 8 heteroatoms. The van der Waals surface area contributed by atoms with E-state index in [-0.39, 0.29) is 5.75 Å². The van der Waals surface area contributed by atoms with Crippen molar-refractivity contribution < 1.29 is 13.9 Å². The number of ether oxygens (including phenoxy) is 2. The molecular formula is C22H20FN5O2. The van der Waals surface area contributed by atoms with Crippen LogP contribution in [-0.2, 0) is 6.54 Å². The van der Waals surface area contributed by atoms with Gasteiger partial charge in [0.15, 0.2) is 11.6 Å². The number of methoxy groups -OCH3 is 2. The van der Waals surface area contributed by atoms with Gasteiger partial charge in [0.1, 0.15) is 23.4 Å². The quantitative estimate of drug-likeness (QED) is 0.516. The normalized spacial score (nSPS) is 10.8. The van der Waals surface area contributed by atoms with Crippen molar-refractivity contribution in [2.45, 2.75) is 13.5 Å². The van der Waals surface area contributed by atoms with Gasteiger partial charge in [-0.2, -0.15) is 10.2 Å². The molecule has 0 atom stereocenters. The summed E-state index contributed by atoms with van der Waals surface area (Å²) in [5, 5.41) is 12.3. The Morgan fingerprint density at radius 2 is 1.70 bits per heavy atom. The summed E-state index contributed by atoms with van der Waals surface area (Å²) in [6.45, 7) is 2.34. The lowest BCUT2D eigenvalue weighted by atomic mass is 10.0. The number of nitrogens with one attached hydrogen (secondary N) is 1. The fourth-order valence-electron chi connectivity index (χ4n) is 3.13. The van der Waals surface area contributed by atoms with Crippen LogP contribution in [0.3, 0.4) is 0 Å². The molecule has 0 saturated heterocycles. The molecular weight excluding hydrogens is 385 g/mol. The Labute approximate surface area is 172 Å². The van der Waals surface area contributed by atoms with E-state index < -0.39 is 5.82 Å². The second-order valence-electron chi connectivity index (χ2n) is 6.67. The van der Waals surface area contributed by atoms with Crippen LogP contribution in [0.1, 0.15) is 11.4 Å². The summed E-state index contributed by atoms with van der Waals surface area (Å²) in [5.41, 5.74) is 3.93. The van der Waals surface area contributed by atoms with Crippen LogP contribution in [-0.4, -0.2) is 34.4 Å². The van der Waals surface area contributed by atoms with Crippen LogP contribution >= 0.6 is 0 Å². The maximum Gasteiger partial charge on any atom is 0.165 e. The van der Waals surface area contributed by atoms with Gasteiger partial charge in [0.2, 0.25) is 0 Å². The second kappa shape index (κ2) is 8.28. The number of nitrogens with zero attached hydrogens (tertiary/aromatic N) is 4. The average molecular weight is 405 g/mol. The van der Waals surface area contributed by atoms with Gasteiger partial charge < -0.3 is 14.8 Å². The zero-order chi connectivity index (χ0) is 21.1. The van der Waals surface area contributed by atoms with E-state index in [0.717, 1.165) is 27.9 Å². The van der Waals surface area contributed by atoms with Gasteiger partial charge in [-0.1, -0.05) is 6.07 Å². The third-order valence-electron chi connectivity index (χ3n) is 4.70. The van der Waals surface area contributed by atoms with Crippen LogP contribution in [0.5, 0.6) is 11.5 Å². The second-order valence-corrected chi connectivity index (χ2v) is 6.67. The van der Waals surface area contributed by atoms with E-state index in [0.29, 0.717) is 23.6 Å². The van der Waals surface area contributed by atoms with E-state index in [4.69, 9.17) is 9.47 Å². The first kappa shape index (κ1) is 19.5. The van der Waals surface area contributed by atoms with Gasteiger partial charge in [0.05, 0.1) is 32.2 Å². The highest BCUT2D eigenvalue weighted by Crippen LogP contribution is 2.35. The molecule has 0 aliphatic carbocycles. The smallest absolute Gasteiger partial charge is 0.165 e. The number of hydrogen-bond donors (Lipinski definition) is 1. The fraction of sp³-hybridized carbons (Fsp3) is 0.182. The van der Waals surface area contributed by atoms with Crippen molar-refractivity contribution in [1.82, 2.24) is 20.2 Å². The molecule has 0 aliphatic heterocycles. The summed E-state index contributed by atoms with van der Waals surface area (Å²) in [6.07, 6.45) is 1.48. The standard InChI is InChI=1S/C22H20FN5O2/c1-13-4-6-16(28-27-13)11-24-22-17-8-15(10-20(30-3)21(17)25-12-26-22)14-5-7-18(23)19(9-14)29-2/h4-10,12H,11H2,1-3H3,(H,24,25,26). The van der Waals surface area contributed by atoms with Crippen LogP contribution < -0.4 is 14.8 Å². The summed E-state index contributed by atoms with van der Waals surface area (Å²) in [4.78, 5) is 8.76. The van der Waals surface area contributed by atoms with E-state index >= 15 is 0 Å². The monoisotopic (exact) mass is 405 g/mol. The first-order chi connectivity index (χ1) is 14.6. The van der Waals surface area contributed by atoms with Gasteiger partial charge in [-0.15, -0.1) is 0 Å². The molecule has 0 aliphatic rings. The van der Waals surface area contributed by atoms with Crippen molar-refractivity contribution in [2.24, 2.45) is 0 Å². The molecule has 4 aromatic rings. The lowest BCUT2D eigenvalue weighted by molar-refractivity contribution is 0.387. The maximum absolute atomic E-state index is 13.8. The van der Waals surface area contributed by atoms with Gasteiger partial charge in [0.25, 0.3) is 0 Å².